The molecule has 1 aromatic rings. The Balaban J connectivity index is 0.00000162. The van der Waals surface area contributed by atoms with E-state index in [2.05, 4.69) is 49.4 Å². The maximum atomic E-state index is 12.1. The molecule has 0 radical (unpaired) electrons. The van der Waals surface area contributed by atoms with Crippen LogP contribution in [-0.2, 0) is 0 Å². The average molecular weight is 419 g/mol. The Bertz CT molecular complexity index is 427. The Morgan fingerprint density at radius 2 is 2.28 bits per heavy atom. The lowest BCUT2D eigenvalue weighted by Crippen LogP contribution is -2.46. The van der Waals surface area contributed by atoms with Gasteiger partial charge in [-0.1, -0.05) is 0 Å². The fourth-order valence-corrected chi connectivity index (χ4v) is 4.81. The zero-order valence-electron chi connectivity index (χ0n) is 9.83. The summed E-state index contributed by atoms with van der Waals surface area (Å²) in [5, 5.41) is 6.47. The van der Waals surface area contributed by atoms with E-state index in [-0.39, 0.29) is 24.4 Å². The van der Waals surface area contributed by atoms with Crippen molar-refractivity contribution in [3.8, 4) is 0 Å². The SMILES string of the molecule is CC1CC(NC(=O)c2cc(Br)sc2Br)CCN1.Cl. The highest BCUT2D eigenvalue weighted by Crippen LogP contribution is 2.31. The minimum atomic E-state index is 0. The van der Waals surface area contributed by atoms with Gasteiger partial charge >= 0.3 is 0 Å². The lowest BCUT2D eigenvalue weighted by atomic mass is 10.0. The zero-order valence-corrected chi connectivity index (χ0v) is 14.6. The molecule has 1 fully saturated rings. The fraction of sp³-hybridized carbons (Fsp3) is 0.545. The van der Waals surface area contributed by atoms with E-state index in [1.54, 1.807) is 0 Å². The van der Waals surface area contributed by atoms with Crippen molar-refractivity contribution in [1.29, 1.82) is 0 Å². The molecule has 3 nitrogen and oxygen atoms in total. The maximum Gasteiger partial charge on any atom is 0.253 e. The molecule has 7 heteroatoms. The van der Waals surface area contributed by atoms with Gasteiger partial charge in [0, 0.05) is 12.1 Å². The highest BCUT2D eigenvalue weighted by molar-refractivity contribution is 9.12. The summed E-state index contributed by atoms with van der Waals surface area (Å²) < 4.78 is 1.84. The number of piperidine rings is 1. The number of carbonyl (C=O) groups excluding carboxylic acids is 1. The Morgan fingerprint density at radius 3 is 2.83 bits per heavy atom. The highest BCUT2D eigenvalue weighted by Gasteiger charge is 2.22. The monoisotopic (exact) mass is 416 g/mol. The first-order valence-electron chi connectivity index (χ1n) is 5.55. The van der Waals surface area contributed by atoms with Crippen LogP contribution in [0.5, 0.6) is 0 Å². The van der Waals surface area contributed by atoms with Crippen molar-refractivity contribution in [2.45, 2.75) is 31.8 Å². The van der Waals surface area contributed by atoms with Gasteiger partial charge in [0.1, 0.15) is 0 Å². The first-order valence-corrected chi connectivity index (χ1v) is 7.95. The zero-order chi connectivity index (χ0) is 12.4. The topological polar surface area (TPSA) is 41.1 Å². The van der Waals surface area contributed by atoms with Gasteiger partial charge in [0.2, 0.25) is 0 Å². The molecular formula is C11H15Br2ClN2OS. The second-order valence-electron chi connectivity index (χ2n) is 4.29. The van der Waals surface area contributed by atoms with E-state index in [9.17, 15) is 4.79 Å². The van der Waals surface area contributed by atoms with E-state index in [4.69, 9.17) is 0 Å². The van der Waals surface area contributed by atoms with Gasteiger partial charge in [0.05, 0.1) is 13.1 Å². The molecule has 2 N–H and O–H groups in total. The lowest BCUT2D eigenvalue weighted by Gasteiger charge is -2.28. The summed E-state index contributed by atoms with van der Waals surface area (Å²) in [5.41, 5.74) is 0.716. The number of hydrogen-bond acceptors (Lipinski definition) is 3. The van der Waals surface area contributed by atoms with Crippen molar-refractivity contribution in [3.05, 3.63) is 19.2 Å². The van der Waals surface area contributed by atoms with Gasteiger partial charge in [-0.15, -0.1) is 23.7 Å². The molecule has 18 heavy (non-hydrogen) atoms. The molecule has 2 atom stereocenters. The molecule has 1 aliphatic rings. The number of thiophene rings is 1. The first kappa shape index (κ1) is 16.4. The van der Waals surface area contributed by atoms with Crippen LogP contribution >= 0.6 is 55.6 Å². The number of halogens is 3. The van der Waals surface area contributed by atoms with Crippen molar-refractivity contribution in [3.63, 3.8) is 0 Å². The summed E-state index contributed by atoms with van der Waals surface area (Å²) in [6.45, 7) is 3.12. The summed E-state index contributed by atoms with van der Waals surface area (Å²) in [4.78, 5) is 12.1. The molecule has 0 aliphatic carbocycles. The van der Waals surface area contributed by atoms with Gasteiger partial charge in [-0.25, -0.2) is 0 Å². The molecular weight excluding hydrogens is 403 g/mol. The summed E-state index contributed by atoms with van der Waals surface area (Å²) in [5.74, 6) is 0.0120. The molecule has 2 unspecified atom stereocenters. The van der Waals surface area contributed by atoms with Crippen molar-refractivity contribution in [2.24, 2.45) is 0 Å². The van der Waals surface area contributed by atoms with E-state index >= 15 is 0 Å². The molecule has 0 saturated carbocycles. The van der Waals surface area contributed by atoms with E-state index in [0.29, 0.717) is 11.6 Å². The van der Waals surface area contributed by atoms with Crippen molar-refractivity contribution < 1.29 is 4.79 Å². The third-order valence-electron chi connectivity index (χ3n) is 2.86. The largest absolute Gasteiger partial charge is 0.349 e. The van der Waals surface area contributed by atoms with E-state index in [1.807, 2.05) is 6.07 Å². The smallest absolute Gasteiger partial charge is 0.253 e. The summed E-state index contributed by atoms with van der Waals surface area (Å²) in [7, 11) is 0. The number of rotatable bonds is 2. The van der Waals surface area contributed by atoms with Gasteiger partial charge in [-0.2, -0.15) is 0 Å². The van der Waals surface area contributed by atoms with Crippen LogP contribution in [0.15, 0.2) is 13.6 Å². The molecule has 0 bridgehead atoms. The first-order chi connectivity index (χ1) is 8.06. The maximum absolute atomic E-state index is 12.1. The second-order valence-corrected chi connectivity index (χ2v) is 8.04. The van der Waals surface area contributed by atoms with Gasteiger partial charge in [0.15, 0.2) is 0 Å². The van der Waals surface area contributed by atoms with Crippen LogP contribution in [0.1, 0.15) is 30.1 Å². The predicted octanol–water partition coefficient (Wildman–Crippen LogP) is 3.57. The van der Waals surface area contributed by atoms with Gasteiger partial charge < -0.3 is 10.6 Å². The molecule has 0 spiro atoms. The minimum absolute atomic E-state index is 0. The summed E-state index contributed by atoms with van der Waals surface area (Å²) >= 11 is 8.31. The molecule has 1 saturated heterocycles. The van der Waals surface area contributed by atoms with Gasteiger partial charge in [-0.05, 0) is 64.2 Å². The predicted molar refractivity (Wildman–Crippen MR) is 84.9 cm³/mol. The Kier molecular flexibility index (Phi) is 6.61. The molecule has 102 valence electrons. The Hall–Kier alpha value is 0.380. The van der Waals surface area contributed by atoms with Crippen LogP contribution in [0.25, 0.3) is 0 Å². The number of amides is 1. The minimum Gasteiger partial charge on any atom is -0.349 e. The number of nitrogens with one attached hydrogen (secondary N) is 2. The molecule has 1 aromatic heterocycles. The standard InChI is InChI=1S/C11H14Br2N2OS.ClH/c1-6-4-7(2-3-14-6)15-11(16)8-5-9(12)17-10(8)13;/h5-7,14H,2-4H2,1H3,(H,15,16);1H. The van der Waals surface area contributed by atoms with Crippen LogP contribution in [0, 0.1) is 0 Å². The van der Waals surface area contributed by atoms with Gasteiger partial charge in [-0.3, -0.25) is 4.79 Å². The number of carbonyl (C=O) groups is 1. The normalized spacial score (nSPS) is 23.3. The summed E-state index contributed by atoms with van der Waals surface area (Å²) in [6, 6.07) is 2.62. The fourth-order valence-electron chi connectivity index (χ4n) is 2.02. The van der Waals surface area contributed by atoms with Crippen LogP contribution in [0.2, 0.25) is 0 Å². The quantitative estimate of drug-likeness (QED) is 0.771. The van der Waals surface area contributed by atoms with Crippen LogP contribution in [0.4, 0.5) is 0 Å². The number of hydrogen-bond donors (Lipinski definition) is 2. The van der Waals surface area contributed by atoms with E-state index in [0.717, 1.165) is 27.0 Å². The Morgan fingerprint density at radius 1 is 1.56 bits per heavy atom. The van der Waals surface area contributed by atoms with Crippen molar-refractivity contribution in [2.75, 3.05) is 6.54 Å². The van der Waals surface area contributed by atoms with Crippen LogP contribution < -0.4 is 10.6 Å². The average Bonchev–Trinajstić information content (AvgIpc) is 2.58. The van der Waals surface area contributed by atoms with Gasteiger partial charge in [0.25, 0.3) is 5.91 Å². The third-order valence-corrected chi connectivity index (χ3v) is 5.20. The van der Waals surface area contributed by atoms with Crippen molar-refractivity contribution in [1.82, 2.24) is 10.6 Å². The second kappa shape index (κ2) is 7.24. The van der Waals surface area contributed by atoms with E-state index < -0.39 is 0 Å². The Labute approximate surface area is 134 Å². The third kappa shape index (κ3) is 4.20. The van der Waals surface area contributed by atoms with Crippen LogP contribution in [0.3, 0.4) is 0 Å². The molecule has 1 aliphatic heterocycles. The van der Waals surface area contributed by atoms with E-state index in [1.165, 1.54) is 11.3 Å². The molecule has 0 aromatic carbocycles. The summed E-state index contributed by atoms with van der Waals surface area (Å²) in [6.07, 6.45) is 1.99. The molecule has 2 heterocycles. The van der Waals surface area contributed by atoms with Crippen molar-refractivity contribution >= 4 is 61.5 Å². The highest BCUT2D eigenvalue weighted by atomic mass is 79.9. The molecule has 2 rings (SSSR count). The lowest BCUT2D eigenvalue weighted by molar-refractivity contribution is 0.0925. The molecule has 1 amide bonds. The van der Waals surface area contributed by atoms with Crippen LogP contribution in [-0.4, -0.2) is 24.5 Å².